The number of amides is 2. The van der Waals surface area contributed by atoms with E-state index in [0.29, 0.717) is 31.8 Å². The zero-order valence-electron chi connectivity index (χ0n) is 13.1. The van der Waals surface area contributed by atoms with E-state index in [9.17, 15) is 14.7 Å². The third kappa shape index (κ3) is 3.87. The molecule has 0 aromatic carbocycles. The molecule has 0 aliphatic carbocycles. The molecule has 1 fully saturated rings. The lowest BCUT2D eigenvalue weighted by atomic mass is 9.80. The zero-order chi connectivity index (χ0) is 15.3. The van der Waals surface area contributed by atoms with Crippen molar-refractivity contribution in [2.45, 2.75) is 59.4 Å². The Kier molecular flexibility index (Phi) is 5.84. The van der Waals surface area contributed by atoms with Gasteiger partial charge in [-0.1, -0.05) is 26.7 Å². The molecule has 1 aliphatic heterocycles. The second-order valence-electron chi connectivity index (χ2n) is 6.17. The molecule has 5 heteroatoms. The van der Waals surface area contributed by atoms with Gasteiger partial charge in [0.1, 0.15) is 0 Å². The van der Waals surface area contributed by atoms with Gasteiger partial charge in [0, 0.05) is 19.1 Å². The number of rotatable bonds is 5. The summed E-state index contributed by atoms with van der Waals surface area (Å²) in [5, 5.41) is 12.2. The summed E-state index contributed by atoms with van der Waals surface area (Å²) < 4.78 is 0. The van der Waals surface area contributed by atoms with Crippen LogP contribution in [0.15, 0.2) is 0 Å². The molecule has 0 radical (unpaired) electrons. The highest BCUT2D eigenvalue weighted by molar-refractivity contribution is 5.77. The quantitative estimate of drug-likeness (QED) is 0.815. The van der Waals surface area contributed by atoms with Crippen LogP contribution in [0.3, 0.4) is 0 Å². The van der Waals surface area contributed by atoms with Crippen LogP contribution < -0.4 is 5.32 Å². The van der Waals surface area contributed by atoms with Gasteiger partial charge >= 0.3 is 12.0 Å². The van der Waals surface area contributed by atoms with E-state index in [1.807, 2.05) is 6.92 Å². The highest BCUT2D eigenvalue weighted by Gasteiger charge is 2.38. The first kappa shape index (κ1) is 16.8. The van der Waals surface area contributed by atoms with E-state index >= 15 is 0 Å². The molecular weight excluding hydrogens is 256 g/mol. The second kappa shape index (κ2) is 6.95. The van der Waals surface area contributed by atoms with Gasteiger partial charge in [-0.15, -0.1) is 0 Å². The minimum atomic E-state index is -0.761. The molecule has 1 unspecified atom stereocenters. The summed E-state index contributed by atoms with van der Waals surface area (Å²) in [7, 11) is 0. The van der Waals surface area contributed by atoms with Crippen molar-refractivity contribution in [2.24, 2.45) is 11.3 Å². The van der Waals surface area contributed by atoms with Gasteiger partial charge in [-0.3, -0.25) is 4.79 Å². The van der Waals surface area contributed by atoms with Crippen LogP contribution in [0.4, 0.5) is 4.79 Å². The van der Waals surface area contributed by atoms with E-state index in [-0.39, 0.29) is 12.1 Å². The Labute approximate surface area is 121 Å². The zero-order valence-corrected chi connectivity index (χ0v) is 13.1. The molecule has 116 valence electrons. The first-order valence-corrected chi connectivity index (χ1v) is 7.63. The van der Waals surface area contributed by atoms with E-state index in [1.54, 1.807) is 11.8 Å². The fourth-order valence-electron chi connectivity index (χ4n) is 2.82. The molecule has 0 aromatic heterocycles. The summed E-state index contributed by atoms with van der Waals surface area (Å²) in [6.07, 6.45) is 3.15. The van der Waals surface area contributed by atoms with Crippen LogP contribution in [-0.2, 0) is 4.79 Å². The van der Waals surface area contributed by atoms with Crippen molar-refractivity contribution >= 4 is 12.0 Å². The normalized spacial score (nSPS) is 19.8. The number of hydrogen-bond acceptors (Lipinski definition) is 2. The van der Waals surface area contributed by atoms with Crippen molar-refractivity contribution in [2.75, 3.05) is 13.1 Å². The van der Waals surface area contributed by atoms with Crippen molar-refractivity contribution in [3.8, 4) is 0 Å². The number of nitrogens with zero attached hydrogens (tertiary/aromatic N) is 1. The Balaban J connectivity index is 2.49. The molecule has 1 heterocycles. The first-order chi connectivity index (χ1) is 9.34. The monoisotopic (exact) mass is 284 g/mol. The summed E-state index contributed by atoms with van der Waals surface area (Å²) in [6, 6.07) is 0.0992. The molecule has 0 bridgehead atoms. The molecule has 0 aromatic rings. The van der Waals surface area contributed by atoms with Crippen LogP contribution in [0.1, 0.15) is 53.4 Å². The highest BCUT2D eigenvalue weighted by Crippen LogP contribution is 2.31. The van der Waals surface area contributed by atoms with Crippen LogP contribution in [-0.4, -0.2) is 41.1 Å². The minimum Gasteiger partial charge on any atom is -0.481 e. The molecule has 1 rings (SSSR count). The summed E-state index contributed by atoms with van der Waals surface area (Å²) in [4.78, 5) is 25.1. The van der Waals surface area contributed by atoms with Crippen LogP contribution in [0, 0.1) is 11.3 Å². The van der Waals surface area contributed by atoms with Gasteiger partial charge < -0.3 is 15.3 Å². The maximum absolute atomic E-state index is 12.2. The highest BCUT2D eigenvalue weighted by atomic mass is 16.4. The third-order valence-corrected chi connectivity index (χ3v) is 4.78. The van der Waals surface area contributed by atoms with E-state index < -0.39 is 11.4 Å². The summed E-state index contributed by atoms with van der Waals surface area (Å²) in [5.74, 6) is -0.268. The van der Waals surface area contributed by atoms with Gasteiger partial charge in [-0.05, 0) is 32.6 Å². The third-order valence-electron chi connectivity index (χ3n) is 4.78. The molecule has 5 nitrogen and oxygen atoms in total. The second-order valence-corrected chi connectivity index (χ2v) is 6.17. The number of carbonyl (C=O) groups is 2. The number of carboxylic acid groups (broad SMARTS) is 1. The molecule has 1 aliphatic rings. The summed E-state index contributed by atoms with van der Waals surface area (Å²) in [5.41, 5.74) is -0.683. The first-order valence-electron chi connectivity index (χ1n) is 7.63. The number of nitrogens with one attached hydrogen (secondary N) is 1. The Bertz CT molecular complexity index is 345. The predicted octanol–water partition coefficient (Wildman–Crippen LogP) is 2.71. The summed E-state index contributed by atoms with van der Waals surface area (Å²) >= 11 is 0. The molecule has 20 heavy (non-hydrogen) atoms. The standard InChI is InChI=1S/C15H28N2O3/c1-5-12(6-2)11(3)16-14(20)17-9-7-15(4,8-10-17)13(18)19/h11-12H,5-10H2,1-4H3,(H,16,20)(H,18,19). The number of likely N-dealkylation sites (tertiary alicyclic amines) is 1. The number of carboxylic acids is 1. The Morgan fingerprint density at radius 2 is 1.75 bits per heavy atom. The topological polar surface area (TPSA) is 69.6 Å². The molecular formula is C15H28N2O3. The number of carbonyl (C=O) groups excluding carboxylic acids is 1. The number of piperidine rings is 1. The van der Waals surface area contributed by atoms with E-state index in [4.69, 9.17) is 0 Å². The van der Waals surface area contributed by atoms with Gasteiger partial charge in [-0.2, -0.15) is 0 Å². The maximum Gasteiger partial charge on any atom is 0.317 e. The smallest absolute Gasteiger partial charge is 0.317 e. The number of hydrogen-bond donors (Lipinski definition) is 2. The minimum absolute atomic E-state index is 0.0585. The van der Waals surface area contributed by atoms with Crippen molar-refractivity contribution in [3.63, 3.8) is 0 Å². The average Bonchev–Trinajstić information content (AvgIpc) is 2.40. The Hall–Kier alpha value is -1.26. The van der Waals surface area contributed by atoms with E-state index in [1.165, 1.54) is 0 Å². The lowest BCUT2D eigenvalue weighted by Gasteiger charge is -2.37. The van der Waals surface area contributed by atoms with Crippen LogP contribution in [0.5, 0.6) is 0 Å². The van der Waals surface area contributed by atoms with Crippen molar-refractivity contribution in [1.29, 1.82) is 0 Å². The van der Waals surface area contributed by atoms with Gasteiger partial charge in [-0.25, -0.2) is 4.79 Å². The van der Waals surface area contributed by atoms with Crippen molar-refractivity contribution < 1.29 is 14.7 Å². The van der Waals surface area contributed by atoms with E-state index in [2.05, 4.69) is 19.2 Å². The largest absolute Gasteiger partial charge is 0.481 e. The van der Waals surface area contributed by atoms with Crippen molar-refractivity contribution in [1.82, 2.24) is 10.2 Å². The molecule has 0 saturated carbocycles. The predicted molar refractivity (Wildman–Crippen MR) is 78.6 cm³/mol. The lowest BCUT2D eigenvalue weighted by molar-refractivity contribution is -0.150. The van der Waals surface area contributed by atoms with Gasteiger partial charge in [0.05, 0.1) is 5.41 Å². The van der Waals surface area contributed by atoms with Crippen LogP contribution in [0.2, 0.25) is 0 Å². The molecule has 0 spiro atoms. The fraction of sp³-hybridized carbons (Fsp3) is 0.867. The van der Waals surface area contributed by atoms with Gasteiger partial charge in [0.25, 0.3) is 0 Å². The Morgan fingerprint density at radius 3 is 2.15 bits per heavy atom. The van der Waals surface area contributed by atoms with Gasteiger partial charge in [0.15, 0.2) is 0 Å². The Morgan fingerprint density at radius 1 is 1.25 bits per heavy atom. The van der Waals surface area contributed by atoms with Crippen LogP contribution >= 0.6 is 0 Å². The maximum atomic E-state index is 12.2. The lowest BCUT2D eigenvalue weighted by Crippen LogP contribution is -2.51. The molecule has 1 saturated heterocycles. The fourth-order valence-corrected chi connectivity index (χ4v) is 2.82. The number of urea groups is 1. The molecule has 2 amide bonds. The van der Waals surface area contributed by atoms with Crippen molar-refractivity contribution in [3.05, 3.63) is 0 Å². The van der Waals surface area contributed by atoms with Crippen LogP contribution in [0.25, 0.3) is 0 Å². The molecule has 2 N–H and O–H groups in total. The summed E-state index contributed by atoms with van der Waals surface area (Å²) in [6.45, 7) is 9.11. The average molecular weight is 284 g/mol. The van der Waals surface area contributed by atoms with E-state index in [0.717, 1.165) is 12.8 Å². The van der Waals surface area contributed by atoms with Gasteiger partial charge in [0.2, 0.25) is 0 Å². The number of aliphatic carboxylic acids is 1. The SMILES string of the molecule is CCC(CC)C(C)NC(=O)N1CCC(C)(C(=O)O)CC1. The molecule has 1 atom stereocenters.